The van der Waals surface area contributed by atoms with E-state index in [0.717, 1.165) is 16.7 Å². The molecule has 0 fully saturated rings. The smallest absolute Gasteiger partial charge is 0.264 e. The van der Waals surface area contributed by atoms with Gasteiger partial charge in [-0.3, -0.25) is 9.10 Å². The number of amides is 1. The van der Waals surface area contributed by atoms with E-state index in [1.54, 1.807) is 24.3 Å². The molecule has 0 aromatic heterocycles. The summed E-state index contributed by atoms with van der Waals surface area (Å²) in [6, 6.07) is 21.1. The lowest BCUT2D eigenvalue weighted by Crippen LogP contribution is -2.29. The maximum Gasteiger partial charge on any atom is 0.264 e. The van der Waals surface area contributed by atoms with Crippen molar-refractivity contribution >= 4 is 21.6 Å². The van der Waals surface area contributed by atoms with Crippen LogP contribution in [0.4, 0.5) is 5.69 Å². The Hall–Kier alpha value is -3.12. The summed E-state index contributed by atoms with van der Waals surface area (Å²) < 4.78 is 27.5. The van der Waals surface area contributed by atoms with Gasteiger partial charge in [-0.15, -0.1) is 0 Å². The Morgan fingerprint density at radius 2 is 1.53 bits per heavy atom. The standard InChI is InChI=1S/C24H26N2O3S/c1-17-10-5-7-14-22(17)19(3)25-24(27)20-12-9-13-21(16-20)30(28,29)26(4)23-15-8-6-11-18(23)2/h5-16,19H,1-4H3,(H,25,27)/t19-/m0/s1. The number of sulfonamides is 1. The van der Waals surface area contributed by atoms with Crippen molar-refractivity contribution in [3.05, 3.63) is 95.1 Å². The summed E-state index contributed by atoms with van der Waals surface area (Å²) in [5.74, 6) is -0.318. The second-order valence-corrected chi connectivity index (χ2v) is 9.31. The third kappa shape index (κ3) is 4.39. The third-order valence-corrected chi connectivity index (χ3v) is 6.98. The number of carbonyl (C=O) groups is 1. The predicted octanol–water partition coefficient (Wildman–Crippen LogP) is 4.62. The van der Waals surface area contributed by atoms with E-state index in [2.05, 4.69) is 5.32 Å². The minimum atomic E-state index is -3.80. The van der Waals surface area contributed by atoms with E-state index < -0.39 is 10.0 Å². The van der Waals surface area contributed by atoms with Crippen LogP contribution in [-0.4, -0.2) is 21.4 Å². The summed E-state index contributed by atoms with van der Waals surface area (Å²) in [5, 5.41) is 2.95. The lowest BCUT2D eigenvalue weighted by atomic mass is 10.0. The highest BCUT2D eigenvalue weighted by Gasteiger charge is 2.23. The number of nitrogens with one attached hydrogen (secondary N) is 1. The molecule has 156 valence electrons. The van der Waals surface area contributed by atoms with E-state index >= 15 is 0 Å². The Bertz CT molecular complexity index is 1170. The molecule has 3 aromatic carbocycles. The number of benzene rings is 3. The summed E-state index contributed by atoms with van der Waals surface area (Å²) in [6.07, 6.45) is 0. The highest BCUT2D eigenvalue weighted by molar-refractivity contribution is 7.92. The van der Waals surface area contributed by atoms with Gasteiger partial charge in [0.25, 0.3) is 15.9 Å². The maximum absolute atomic E-state index is 13.1. The molecule has 3 aromatic rings. The van der Waals surface area contributed by atoms with Crippen molar-refractivity contribution in [1.82, 2.24) is 5.32 Å². The van der Waals surface area contributed by atoms with Crippen molar-refractivity contribution in [3.63, 3.8) is 0 Å². The van der Waals surface area contributed by atoms with Gasteiger partial charge in [-0.05, 0) is 61.7 Å². The molecule has 0 spiro atoms. The molecule has 0 saturated carbocycles. The summed E-state index contributed by atoms with van der Waals surface area (Å²) >= 11 is 0. The molecular weight excluding hydrogens is 396 g/mol. The highest BCUT2D eigenvalue weighted by atomic mass is 32.2. The number of hydrogen-bond donors (Lipinski definition) is 1. The largest absolute Gasteiger partial charge is 0.346 e. The Morgan fingerprint density at radius 1 is 0.900 bits per heavy atom. The molecule has 0 bridgehead atoms. The molecule has 0 saturated heterocycles. The van der Waals surface area contributed by atoms with E-state index in [1.807, 2.05) is 57.2 Å². The van der Waals surface area contributed by atoms with E-state index in [9.17, 15) is 13.2 Å². The van der Waals surface area contributed by atoms with Crippen molar-refractivity contribution in [2.24, 2.45) is 0 Å². The number of hydrogen-bond acceptors (Lipinski definition) is 3. The molecule has 0 radical (unpaired) electrons. The van der Waals surface area contributed by atoms with Gasteiger partial charge in [0.2, 0.25) is 0 Å². The molecule has 0 aliphatic heterocycles. The van der Waals surface area contributed by atoms with Crippen LogP contribution in [0.1, 0.15) is 40.0 Å². The Labute approximate surface area is 178 Å². The zero-order valence-corrected chi connectivity index (χ0v) is 18.4. The van der Waals surface area contributed by atoms with Crippen molar-refractivity contribution in [2.45, 2.75) is 31.7 Å². The van der Waals surface area contributed by atoms with E-state index in [4.69, 9.17) is 0 Å². The zero-order valence-electron chi connectivity index (χ0n) is 17.6. The molecule has 1 atom stereocenters. The lowest BCUT2D eigenvalue weighted by molar-refractivity contribution is 0.0939. The lowest BCUT2D eigenvalue weighted by Gasteiger charge is -2.22. The number of para-hydroxylation sites is 1. The fourth-order valence-corrected chi connectivity index (χ4v) is 4.74. The van der Waals surface area contributed by atoms with Crippen LogP contribution in [0, 0.1) is 13.8 Å². The number of nitrogens with zero attached hydrogens (tertiary/aromatic N) is 1. The van der Waals surface area contributed by atoms with Crippen molar-refractivity contribution < 1.29 is 13.2 Å². The Balaban J connectivity index is 1.86. The molecule has 0 aliphatic carbocycles. The fraction of sp³-hybridized carbons (Fsp3) is 0.208. The van der Waals surface area contributed by atoms with E-state index in [0.29, 0.717) is 11.3 Å². The normalized spacial score (nSPS) is 12.3. The van der Waals surface area contributed by atoms with Crippen molar-refractivity contribution in [1.29, 1.82) is 0 Å². The third-order valence-electron chi connectivity index (χ3n) is 5.21. The van der Waals surface area contributed by atoms with Crippen LogP contribution in [-0.2, 0) is 10.0 Å². The second-order valence-electron chi connectivity index (χ2n) is 7.34. The number of rotatable bonds is 6. The molecule has 6 heteroatoms. The second kappa shape index (κ2) is 8.71. The summed E-state index contributed by atoms with van der Waals surface area (Å²) in [4.78, 5) is 12.9. The van der Waals surface area contributed by atoms with Gasteiger partial charge in [0.05, 0.1) is 16.6 Å². The van der Waals surface area contributed by atoms with Gasteiger partial charge in [-0.25, -0.2) is 8.42 Å². The summed E-state index contributed by atoms with van der Waals surface area (Å²) in [6.45, 7) is 5.76. The number of aryl methyl sites for hydroxylation is 2. The van der Waals surface area contributed by atoms with Gasteiger partial charge in [-0.1, -0.05) is 48.5 Å². The first-order chi connectivity index (χ1) is 14.2. The minimum Gasteiger partial charge on any atom is -0.346 e. The maximum atomic E-state index is 13.1. The topological polar surface area (TPSA) is 66.5 Å². The van der Waals surface area contributed by atoms with E-state index in [1.165, 1.54) is 23.5 Å². The van der Waals surface area contributed by atoms with Gasteiger partial charge in [0.15, 0.2) is 0 Å². The predicted molar refractivity (Wildman–Crippen MR) is 120 cm³/mol. The summed E-state index contributed by atoms with van der Waals surface area (Å²) in [7, 11) is -2.29. The quantitative estimate of drug-likeness (QED) is 0.630. The van der Waals surface area contributed by atoms with Crippen LogP contribution in [0.2, 0.25) is 0 Å². The van der Waals surface area contributed by atoms with Crippen LogP contribution in [0.5, 0.6) is 0 Å². The molecule has 1 amide bonds. The fourth-order valence-electron chi connectivity index (χ4n) is 3.43. The van der Waals surface area contributed by atoms with Crippen molar-refractivity contribution in [3.8, 4) is 0 Å². The van der Waals surface area contributed by atoms with E-state index in [-0.39, 0.29) is 16.8 Å². The first-order valence-corrected chi connectivity index (χ1v) is 11.2. The Kier molecular flexibility index (Phi) is 6.27. The molecule has 3 rings (SSSR count). The summed E-state index contributed by atoms with van der Waals surface area (Å²) in [5.41, 5.74) is 3.86. The van der Waals surface area contributed by atoms with Gasteiger partial charge in [-0.2, -0.15) is 0 Å². The SMILES string of the molecule is Cc1ccccc1[C@H](C)NC(=O)c1cccc(S(=O)(=O)N(C)c2ccccc2C)c1. The van der Waals surface area contributed by atoms with Crippen LogP contribution < -0.4 is 9.62 Å². The van der Waals surface area contributed by atoms with Gasteiger partial charge in [0.1, 0.15) is 0 Å². The molecule has 5 nitrogen and oxygen atoms in total. The molecule has 30 heavy (non-hydrogen) atoms. The average molecular weight is 423 g/mol. The number of anilines is 1. The average Bonchev–Trinajstić information content (AvgIpc) is 2.74. The monoisotopic (exact) mass is 422 g/mol. The van der Waals surface area contributed by atoms with Crippen LogP contribution in [0.15, 0.2) is 77.7 Å². The highest BCUT2D eigenvalue weighted by Crippen LogP contribution is 2.25. The Morgan fingerprint density at radius 3 is 2.20 bits per heavy atom. The molecule has 0 unspecified atom stereocenters. The first-order valence-electron chi connectivity index (χ1n) is 9.73. The van der Waals surface area contributed by atoms with Crippen LogP contribution in [0.25, 0.3) is 0 Å². The molecular formula is C24H26N2O3S. The van der Waals surface area contributed by atoms with Gasteiger partial charge in [0, 0.05) is 12.6 Å². The molecule has 0 heterocycles. The van der Waals surface area contributed by atoms with Crippen molar-refractivity contribution in [2.75, 3.05) is 11.4 Å². The zero-order chi connectivity index (χ0) is 21.9. The van der Waals surface area contributed by atoms with Crippen LogP contribution >= 0.6 is 0 Å². The van der Waals surface area contributed by atoms with Crippen LogP contribution in [0.3, 0.4) is 0 Å². The molecule has 1 N–H and O–H groups in total. The minimum absolute atomic E-state index is 0.0736. The first kappa shape index (κ1) is 21.6. The van der Waals surface area contributed by atoms with Gasteiger partial charge >= 0.3 is 0 Å². The molecule has 0 aliphatic rings. The number of carbonyl (C=O) groups excluding carboxylic acids is 1. The van der Waals surface area contributed by atoms with Gasteiger partial charge < -0.3 is 5.32 Å².